The molecule has 0 unspecified atom stereocenters. The summed E-state index contributed by atoms with van der Waals surface area (Å²) < 4.78 is 10.7. The van der Waals surface area contributed by atoms with Crippen molar-refractivity contribution in [3.63, 3.8) is 0 Å². The number of hydrogen-bond donors (Lipinski definition) is 0. The molecule has 3 nitrogen and oxygen atoms in total. The van der Waals surface area contributed by atoms with Crippen LogP contribution >= 0.6 is 11.6 Å². The van der Waals surface area contributed by atoms with Crippen LogP contribution in [-0.2, 0) is 9.53 Å². The maximum absolute atomic E-state index is 12.0. The summed E-state index contributed by atoms with van der Waals surface area (Å²) in [6, 6.07) is 14.8. The molecule has 0 aromatic heterocycles. The van der Waals surface area contributed by atoms with Gasteiger partial charge in [0, 0.05) is 10.6 Å². The van der Waals surface area contributed by atoms with Crippen LogP contribution in [-0.4, -0.2) is 12.6 Å². The zero-order valence-electron chi connectivity index (χ0n) is 12.6. The molecule has 0 spiro atoms. The molecule has 1 aliphatic heterocycles. The topological polar surface area (TPSA) is 35.5 Å². The van der Waals surface area contributed by atoms with Gasteiger partial charge in [0.1, 0.15) is 11.5 Å². The summed E-state index contributed by atoms with van der Waals surface area (Å²) in [7, 11) is 0. The van der Waals surface area contributed by atoms with E-state index >= 15 is 0 Å². The molecule has 4 heteroatoms. The van der Waals surface area contributed by atoms with E-state index in [4.69, 9.17) is 21.1 Å². The van der Waals surface area contributed by atoms with E-state index in [-0.39, 0.29) is 5.97 Å². The van der Waals surface area contributed by atoms with Gasteiger partial charge in [-0.3, -0.25) is 0 Å². The summed E-state index contributed by atoms with van der Waals surface area (Å²) in [6.07, 6.45) is 3.45. The molecule has 0 fully saturated rings. The van der Waals surface area contributed by atoms with E-state index in [0.717, 1.165) is 16.9 Å². The van der Waals surface area contributed by atoms with Gasteiger partial charge in [0.25, 0.3) is 0 Å². The van der Waals surface area contributed by atoms with Crippen molar-refractivity contribution in [3.8, 4) is 5.75 Å². The van der Waals surface area contributed by atoms with Gasteiger partial charge in [-0.15, -0.1) is 0 Å². The number of carbonyl (C=O) groups excluding carboxylic acids is 1. The Morgan fingerprint density at radius 1 is 1.13 bits per heavy atom. The summed E-state index contributed by atoms with van der Waals surface area (Å²) >= 11 is 6.12. The fraction of sp³-hybridized carbons (Fsp3) is 0.105. The van der Waals surface area contributed by atoms with Gasteiger partial charge < -0.3 is 9.47 Å². The summed E-state index contributed by atoms with van der Waals surface area (Å²) in [6.45, 7) is 2.54. The molecular formula is C19H15ClO3. The summed E-state index contributed by atoms with van der Waals surface area (Å²) in [5, 5.41) is 0.593. The number of esters is 1. The third-order valence-corrected chi connectivity index (χ3v) is 3.74. The number of halogens is 1. The summed E-state index contributed by atoms with van der Waals surface area (Å²) in [4.78, 5) is 12.0. The van der Waals surface area contributed by atoms with Crippen LogP contribution in [0.15, 0.2) is 60.2 Å². The number of ether oxygens (including phenoxy) is 2. The van der Waals surface area contributed by atoms with Crippen molar-refractivity contribution in [1.82, 2.24) is 0 Å². The molecule has 2 aromatic rings. The predicted octanol–water partition coefficient (Wildman–Crippen LogP) is 4.72. The van der Waals surface area contributed by atoms with Crippen LogP contribution in [0.5, 0.6) is 5.75 Å². The zero-order valence-corrected chi connectivity index (χ0v) is 13.3. The van der Waals surface area contributed by atoms with Crippen LogP contribution in [0.1, 0.15) is 18.1 Å². The highest BCUT2D eigenvalue weighted by Crippen LogP contribution is 2.29. The lowest BCUT2D eigenvalue weighted by Crippen LogP contribution is -1.97. The van der Waals surface area contributed by atoms with Crippen molar-refractivity contribution in [2.24, 2.45) is 0 Å². The number of cyclic esters (lactones) is 1. The second-order valence-electron chi connectivity index (χ2n) is 4.98. The number of rotatable bonds is 4. The van der Waals surface area contributed by atoms with Gasteiger partial charge in [0.2, 0.25) is 0 Å². The zero-order chi connectivity index (χ0) is 16.2. The minimum atomic E-state index is -0.381. The van der Waals surface area contributed by atoms with Crippen LogP contribution < -0.4 is 4.74 Å². The molecular weight excluding hydrogens is 312 g/mol. The van der Waals surface area contributed by atoms with Crippen LogP contribution in [0.4, 0.5) is 0 Å². The average Bonchev–Trinajstić information content (AvgIpc) is 2.92. The Morgan fingerprint density at radius 3 is 2.57 bits per heavy atom. The standard InChI is InChI=1S/C19H15ClO3/c1-2-22-16-9-7-13(8-10-16)18-12-15(19(21)23-18)11-14-5-3-4-6-17(14)20/h3-12H,2H2,1H3. The largest absolute Gasteiger partial charge is 0.494 e. The van der Waals surface area contributed by atoms with Crippen LogP contribution in [0.3, 0.4) is 0 Å². The van der Waals surface area contributed by atoms with Gasteiger partial charge in [0.15, 0.2) is 0 Å². The lowest BCUT2D eigenvalue weighted by atomic mass is 10.1. The molecule has 3 rings (SSSR count). The van der Waals surface area contributed by atoms with Crippen LogP contribution in [0.2, 0.25) is 5.02 Å². The van der Waals surface area contributed by atoms with E-state index < -0.39 is 0 Å². The molecule has 1 aliphatic rings. The van der Waals surface area contributed by atoms with E-state index in [0.29, 0.717) is 23.0 Å². The van der Waals surface area contributed by atoms with Crippen LogP contribution in [0, 0.1) is 0 Å². The Balaban J connectivity index is 1.88. The Morgan fingerprint density at radius 2 is 1.87 bits per heavy atom. The average molecular weight is 327 g/mol. The van der Waals surface area contributed by atoms with E-state index in [2.05, 4.69) is 0 Å². The Hall–Kier alpha value is -2.52. The molecule has 0 amide bonds. The molecule has 23 heavy (non-hydrogen) atoms. The van der Waals surface area contributed by atoms with E-state index in [1.807, 2.05) is 49.4 Å². The van der Waals surface area contributed by atoms with Crippen molar-refractivity contribution in [2.75, 3.05) is 6.61 Å². The van der Waals surface area contributed by atoms with Crippen molar-refractivity contribution < 1.29 is 14.3 Å². The quantitative estimate of drug-likeness (QED) is 0.602. The first-order valence-corrected chi connectivity index (χ1v) is 7.68. The molecule has 1 heterocycles. The Kier molecular flexibility index (Phi) is 4.49. The van der Waals surface area contributed by atoms with Gasteiger partial charge in [-0.05, 0) is 55.0 Å². The van der Waals surface area contributed by atoms with Gasteiger partial charge in [-0.1, -0.05) is 29.8 Å². The Labute approximate surface area is 139 Å². The molecule has 0 aliphatic carbocycles. The Bertz CT molecular complexity index is 789. The van der Waals surface area contributed by atoms with Gasteiger partial charge in [-0.2, -0.15) is 0 Å². The van der Waals surface area contributed by atoms with Crippen molar-refractivity contribution in [2.45, 2.75) is 6.92 Å². The summed E-state index contributed by atoms with van der Waals surface area (Å²) in [5.41, 5.74) is 2.08. The lowest BCUT2D eigenvalue weighted by Gasteiger charge is -2.05. The maximum Gasteiger partial charge on any atom is 0.343 e. The van der Waals surface area contributed by atoms with E-state index in [9.17, 15) is 4.79 Å². The first-order chi connectivity index (χ1) is 11.2. The fourth-order valence-corrected chi connectivity index (χ4v) is 2.46. The first-order valence-electron chi connectivity index (χ1n) is 7.30. The monoisotopic (exact) mass is 326 g/mol. The van der Waals surface area contributed by atoms with Gasteiger partial charge in [-0.25, -0.2) is 4.79 Å². The third-order valence-electron chi connectivity index (χ3n) is 3.39. The molecule has 0 atom stereocenters. The first kappa shape index (κ1) is 15.4. The molecule has 116 valence electrons. The number of benzene rings is 2. The minimum Gasteiger partial charge on any atom is -0.494 e. The highest BCUT2D eigenvalue weighted by Gasteiger charge is 2.22. The summed E-state index contributed by atoms with van der Waals surface area (Å²) in [5.74, 6) is 0.929. The maximum atomic E-state index is 12.0. The second-order valence-corrected chi connectivity index (χ2v) is 5.38. The molecule has 0 bridgehead atoms. The molecule has 2 aromatic carbocycles. The van der Waals surface area contributed by atoms with Gasteiger partial charge >= 0.3 is 5.97 Å². The van der Waals surface area contributed by atoms with Crippen LogP contribution in [0.25, 0.3) is 11.8 Å². The second kappa shape index (κ2) is 6.71. The molecule has 0 saturated carbocycles. The van der Waals surface area contributed by atoms with E-state index in [1.54, 1.807) is 18.2 Å². The van der Waals surface area contributed by atoms with Gasteiger partial charge in [0.05, 0.1) is 12.2 Å². The molecule has 0 saturated heterocycles. The fourth-order valence-electron chi connectivity index (χ4n) is 2.27. The third kappa shape index (κ3) is 3.46. The minimum absolute atomic E-state index is 0.381. The number of hydrogen-bond acceptors (Lipinski definition) is 3. The van der Waals surface area contributed by atoms with Crippen molar-refractivity contribution >= 4 is 29.4 Å². The predicted molar refractivity (Wildman–Crippen MR) is 91.1 cm³/mol. The van der Waals surface area contributed by atoms with Crippen molar-refractivity contribution in [1.29, 1.82) is 0 Å². The molecule has 0 radical (unpaired) electrons. The van der Waals surface area contributed by atoms with E-state index in [1.165, 1.54) is 0 Å². The van der Waals surface area contributed by atoms with Crippen molar-refractivity contribution in [3.05, 3.63) is 76.3 Å². The normalized spacial score (nSPS) is 15.5. The lowest BCUT2D eigenvalue weighted by molar-refractivity contribution is -0.130. The highest BCUT2D eigenvalue weighted by molar-refractivity contribution is 6.32. The highest BCUT2D eigenvalue weighted by atomic mass is 35.5. The smallest absolute Gasteiger partial charge is 0.343 e. The SMILES string of the molecule is CCOc1ccc(C2=CC(=Cc3ccccc3Cl)C(=O)O2)cc1. The number of carbonyl (C=O) groups is 1. The molecule has 0 N–H and O–H groups in total.